The van der Waals surface area contributed by atoms with Crippen LogP contribution in [0.3, 0.4) is 0 Å². The Bertz CT molecular complexity index is 642. The van der Waals surface area contributed by atoms with E-state index in [0.29, 0.717) is 30.9 Å². The second-order valence-electron chi connectivity index (χ2n) is 5.41. The molecule has 2 fully saturated rings. The molecule has 0 radical (unpaired) electrons. The molecule has 0 atom stereocenters. The van der Waals surface area contributed by atoms with Crippen LogP contribution in [0.4, 0.5) is 0 Å². The first-order valence-electron chi connectivity index (χ1n) is 6.63. The fraction of sp³-hybridized carbons (Fsp3) is 0.500. The van der Waals surface area contributed by atoms with Crippen LogP contribution in [0.2, 0.25) is 0 Å². The number of nitrogens with zero attached hydrogens (tertiary/aromatic N) is 2. The van der Waals surface area contributed by atoms with Crippen molar-refractivity contribution in [2.75, 3.05) is 19.8 Å². The standard InChI is InChI=1S/C14H16N2O3S/c15-9-12-1-3-13(4-2-12)10-20(17,18)16-7-8-19-11-14(16)5-6-14/h1-4H,5-8,10-11H2. The molecule has 1 aromatic rings. The van der Waals surface area contributed by atoms with Gasteiger partial charge in [-0.1, -0.05) is 12.1 Å². The third-order valence-corrected chi connectivity index (χ3v) is 5.87. The number of nitriles is 1. The molecule has 1 spiro atoms. The molecule has 0 bridgehead atoms. The van der Waals surface area contributed by atoms with Gasteiger partial charge in [0.2, 0.25) is 10.0 Å². The predicted molar refractivity (Wildman–Crippen MR) is 73.3 cm³/mol. The quantitative estimate of drug-likeness (QED) is 0.840. The normalized spacial score (nSPS) is 21.6. The zero-order valence-electron chi connectivity index (χ0n) is 11.1. The zero-order chi connectivity index (χ0) is 14.2. The number of benzene rings is 1. The van der Waals surface area contributed by atoms with Crippen LogP contribution in [-0.2, 0) is 20.5 Å². The van der Waals surface area contributed by atoms with E-state index in [9.17, 15) is 8.42 Å². The summed E-state index contributed by atoms with van der Waals surface area (Å²) in [5, 5.41) is 8.75. The highest BCUT2D eigenvalue weighted by atomic mass is 32.2. The van der Waals surface area contributed by atoms with Gasteiger partial charge in [-0.2, -0.15) is 9.57 Å². The van der Waals surface area contributed by atoms with Gasteiger partial charge in [-0.3, -0.25) is 0 Å². The average Bonchev–Trinajstić information content (AvgIpc) is 3.19. The van der Waals surface area contributed by atoms with E-state index in [1.165, 1.54) is 0 Å². The Balaban J connectivity index is 1.79. The van der Waals surface area contributed by atoms with Crippen LogP contribution >= 0.6 is 0 Å². The minimum atomic E-state index is -3.33. The molecule has 20 heavy (non-hydrogen) atoms. The van der Waals surface area contributed by atoms with E-state index in [4.69, 9.17) is 10.00 Å². The molecule has 106 valence electrons. The molecule has 5 nitrogen and oxygen atoms in total. The Labute approximate surface area is 118 Å². The number of rotatable bonds is 3. The van der Waals surface area contributed by atoms with Gasteiger partial charge in [-0.25, -0.2) is 8.42 Å². The molecule has 3 rings (SSSR count). The Morgan fingerprint density at radius 1 is 1.30 bits per heavy atom. The molecule has 0 N–H and O–H groups in total. The summed E-state index contributed by atoms with van der Waals surface area (Å²) in [6, 6.07) is 8.74. The number of hydrogen-bond donors (Lipinski definition) is 0. The van der Waals surface area contributed by atoms with Crippen LogP contribution in [0.25, 0.3) is 0 Å². The molecular formula is C14H16N2O3S. The first-order valence-corrected chi connectivity index (χ1v) is 8.24. The number of sulfonamides is 1. The van der Waals surface area contributed by atoms with Crippen molar-refractivity contribution in [2.24, 2.45) is 0 Å². The maximum absolute atomic E-state index is 12.6. The SMILES string of the molecule is N#Cc1ccc(CS(=O)(=O)N2CCOCC23CC3)cc1. The number of ether oxygens (including phenoxy) is 1. The van der Waals surface area contributed by atoms with Crippen LogP contribution < -0.4 is 0 Å². The van der Waals surface area contributed by atoms with Crippen molar-refractivity contribution in [3.05, 3.63) is 35.4 Å². The molecule has 6 heteroatoms. The van der Waals surface area contributed by atoms with Gasteiger partial charge in [0.15, 0.2) is 0 Å². The third kappa shape index (κ3) is 2.44. The van der Waals surface area contributed by atoms with Gasteiger partial charge in [0.1, 0.15) is 0 Å². The van der Waals surface area contributed by atoms with Crippen molar-refractivity contribution in [3.63, 3.8) is 0 Å². The van der Waals surface area contributed by atoms with Crippen molar-refractivity contribution in [3.8, 4) is 6.07 Å². The van der Waals surface area contributed by atoms with E-state index in [2.05, 4.69) is 0 Å². The summed E-state index contributed by atoms with van der Waals surface area (Å²) in [7, 11) is -3.33. The van der Waals surface area contributed by atoms with Crippen molar-refractivity contribution < 1.29 is 13.2 Å². The lowest BCUT2D eigenvalue weighted by molar-refractivity contribution is 0.0213. The molecule has 0 amide bonds. The van der Waals surface area contributed by atoms with Crippen LogP contribution in [0.1, 0.15) is 24.0 Å². The van der Waals surface area contributed by atoms with Crippen molar-refractivity contribution in [2.45, 2.75) is 24.1 Å². The van der Waals surface area contributed by atoms with E-state index >= 15 is 0 Å². The lowest BCUT2D eigenvalue weighted by atomic mass is 10.2. The second kappa shape index (κ2) is 4.85. The molecule has 0 aromatic heterocycles. The van der Waals surface area contributed by atoms with E-state index in [0.717, 1.165) is 12.8 Å². The van der Waals surface area contributed by atoms with Crippen LogP contribution in [0, 0.1) is 11.3 Å². The van der Waals surface area contributed by atoms with Gasteiger partial charge in [-0.15, -0.1) is 0 Å². The summed E-state index contributed by atoms with van der Waals surface area (Å²) >= 11 is 0. The fourth-order valence-electron chi connectivity index (χ4n) is 2.65. The summed E-state index contributed by atoms with van der Waals surface area (Å²) in [5.41, 5.74) is 0.978. The highest BCUT2D eigenvalue weighted by Crippen LogP contribution is 2.45. The van der Waals surface area contributed by atoms with E-state index in [1.807, 2.05) is 6.07 Å². The minimum Gasteiger partial charge on any atom is -0.378 e. The Morgan fingerprint density at radius 2 is 2.00 bits per heavy atom. The van der Waals surface area contributed by atoms with E-state index in [1.54, 1.807) is 28.6 Å². The molecule has 1 aromatic carbocycles. The highest BCUT2D eigenvalue weighted by molar-refractivity contribution is 7.88. The monoisotopic (exact) mass is 292 g/mol. The maximum Gasteiger partial charge on any atom is 0.218 e. The highest BCUT2D eigenvalue weighted by Gasteiger charge is 2.54. The molecule has 2 aliphatic rings. The summed E-state index contributed by atoms with van der Waals surface area (Å²) in [5.74, 6) is -0.0134. The van der Waals surface area contributed by atoms with Crippen molar-refractivity contribution in [1.29, 1.82) is 5.26 Å². The lowest BCUT2D eigenvalue weighted by Crippen LogP contribution is -2.50. The summed E-state index contributed by atoms with van der Waals surface area (Å²) in [4.78, 5) is 0. The van der Waals surface area contributed by atoms with Gasteiger partial charge < -0.3 is 4.74 Å². The lowest BCUT2D eigenvalue weighted by Gasteiger charge is -2.35. The summed E-state index contributed by atoms with van der Waals surface area (Å²) in [6.45, 7) is 1.42. The van der Waals surface area contributed by atoms with Crippen LogP contribution in [0.15, 0.2) is 24.3 Å². The van der Waals surface area contributed by atoms with Crippen molar-refractivity contribution in [1.82, 2.24) is 4.31 Å². The molecule has 1 aliphatic carbocycles. The molecule has 1 saturated heterocycles. The second-order valence-corrected chi connectivity index (χ2v) is 7.31. The van der Waals surface area contributed by atoms with Gasteiger partial charge in [-0.05, 0) is 30.5 Å². The molecule has 0 unspecified atom stereocenters. The maximum atomic E-state index is 12.6. The van der Waals surface area contributed by atoms with Gasteiger partial charge in [0.25, 0.3) is 0 Å². The summed E-state index contributed by atoms with van der Waals surface area (Å²) in [6.07, 6.45) is 1.78. The van der Waals surface area contributed by atoms with E-state index in [-0.39, 0.29) is 11.3 Å². The average molecular weight is 292 g/mol. The van der Waals surface area contributed by atoms with E-state index < -0.39 is 10.0 Å². The third-order valence-electron chi connectivity index (χ3n) is 3.93. The summed E-state index contributed by atoms with van der Waals surface area (Å²) < 4.78 is 32.2. The Morgan fingerprint density at radius 3 is 2.60 bits per heavy atom. The largest absolute Gasteiger partial charge is 0.378 e. The minimum absolute atomic E-state index is 0.0134. The topological polar surface area (TPSA) is 70.4 Å². The van der Waals surface area contributed by atoms with Gasteiger partial charge >= 0.3 is 0 Å². The predicted octanol–water partition coefficient (Wildman–Crippen LogP) is 1.25. The van der Waals surface area contributed by atoms with Gasteiger partial charge in [0.05, 0.1) is 36.1 Å². The molecule has 1 aliphatic heterocycles. The van der Waals surface area contributed by atoms with Gasteiger partial charge in [0, 0.05) is 6.54 Å². The zero-order valence-corrected chi connectivity index (χ0v) is 11.9. The Hall–Kier alpha value is -1.42. The molecule has 1 saturated carbocycles. The Kier molecular flexibility index (Phi) is 3.28. The van der Waals surface area contributed by atoms with Crippen LogP contribution in [-0.4, -0.2) is 38.0 Å². The fourth-order valence-corrected chi connectivity index (χ4v) is 4.60. The van der Waals surface area contributed by atoms with Crippen LogP contribution in [0.5, 0.6) is 0 Å². The number of hydrogen-bond acceptors (Lipinski definition) is 4. The molecular weight excluding hydrogens is 276 g/mol. The van der Waals surface area contributed by atoms with Crippen molar-refractivity contribution >= 4 is 10.0 Å². The number of morpholine rings is 1. The molecule has 1 heterocycles. The first kappa shape index (κ1) is 13.6. The first-order chi connectivity index (χ1) is 9.56. The smallest absolute Gasteiger partial charge is 0.218 e.